The van der Waals surface area contributed by atoms with E-state index in [4.69, 9.17) is 16.3 Å². The van der Waals surface area contributed by atoms with E-state index in [-0.39, 0.29) is 12.5 Å². The largest absolute Gasteiger partial charge is 0.480 e. The molecule has 31 heavy (non-hydrogen) atoms. The predicted octanol–water partition coefficient (Wildman–Crippen LogP) is 4.94. The quantitative estimate of drug-likeness (QED) is 0.567. The Kier molecular flexibility index (Phi) is 7.36. The fourth-order valence-corrected chi connectivity index (χ4v) is 3.97. The standard InChI is InChI=1S/C24H27ClN2O4/c1-4-8-20(24(29)30)27-21(28)14-31-23(15(3)11-12-17(25)5-2)22(27)19-13-16-9-6-7-10-18(16)26-19/h5-7,9-13,20,22-23,26H,3-4,8,14H2,1-2H3,(H,29,30)/b12-11-,17-5+/t20-,22-,23+/m1/s1. The van der Waals surface area contributed by atoms with Crippen molar-refractivity contribution < 1.29 is 19.4 Å². The Bertz CT molecular complexity index is 1010. The van der Waals surface area contributed by atoms with Gasteiger partial charge >= 0.3 is 5.97 Å². The number of aromatic amines is 1. The van der Waals surface area contributed by atoms with Crippen LogP contribution in [0.25, 0.3) is 10.9 Å². The number of benzene rings is 1. The summed E-state index contributed by atoms with van der Waals surface area (Å²) in [5.74, 6) is -1.39. The number of amides is 1. The van der Waals surface area contributed by atoms with Crippen molar-refractivity contribution in [3.8, 4) is 0 Å². The van der Waals surface area contributed by atoms with E-state index in [1.165, 1.54) is 4.90 Å². The highest BCUT2D eigenvalue weighted by Crippen LogP contribution is 2.37. The number of hydrogen-bond acceptors (Lipinski definition) is 3. The molecule has 1 amide bonds. The Morgan fingerprint density at radius 2 is 2.16 bits per heavy atom. The molecule has 3 atom stereocenters. The molecule has 2 heterocycles. The zero-order chi connectivity index (χ0) is 22.5. The van der Waals surface area contributed by atoms with Crippen LogP contribution in [0.15, 0.2) is 65.7 Å². The third-order valence-electron chi connectivity index (χ3n) is 5.41. The van der Waals surface area contributed by atoms with Gasteiger partial charge < -0.3 is 19.7 Å². The van der Waals surface area contributed by atoms with E-state index in [1.807, 2.05) is 44.2 Å². The number of halogens is 1. The number of para-hydroxylation sites is 1. The van der Waals surface area contributed by atoms with Crippen LogP contribution in [0, 0.1) is 0 Å². The molecule has 1 aromatic carbocycles. The molecular formula is C24H27ClN2O4. The number of fused-ring (bicyclic) bond motifs is 1. The summed E-state index contributed by atoms with van der Waals surface area (Å²) in [5.41, 5.74) is 2.20. The molecule has 0 bridgehead atoms. The van der Waals surface area contributed by atoms with Crippen molar-refractivity contribution in [1.29, 1.82) is 0 Å². The lowest BCUT2D eigenvalue weighted by Gasteiger charge is -2.43. The highest BCUT2D eigenvalue weighted by atomic mass is 35.5. The normalized spacial score (nSPS) is 21.1. The van der Waals surface area contributed by atoms with Crippen LogP contribution in [0.3, 0.4) is 0 Å². The van der Waals surface area contributed by atoms with Crippen LogP contribution >= 0.6 is 11.6 Å². The molecule has 0 radical (unpaired) electrons. The van der Waals surface area contributed by atoms with Gasteiger partial charge in [-0.2, -0.15) is 0 Å². The van der Waals surface area contributed by atoms with E-state index in [2.05, 4.69) is 11.6 Å². The Balaban J connectivity index is 2.11. The second kappa shape index (κ2) is 9.98. The average Bonchev–Trinajstić information content (AvgIpc) is 3.19. The van der Waals surface area contributed by atoms with Crippen LogP contribution in [0.5, 0.6) is 0 Å². The van der Waals surface area contributed by atoms with E-state index in [0.29, 0.717) is 29.1 Å². The van der Waals surface area contributed by atoms with Gasteiger partial charge in [0.1, 0.15) is 24.8 Å². The lowest BCUT2D eigenvalue weighted by atomic mass is 9.94. The van der Waals surface area contributed by atoms with Gasteiger partial charge in [-0.15, -0.1) is 0 Å². The van der Waals surface area contributed by atoms with Gasteiger partial charge in [0.05, 0.1) is 0 Å². The number of ether oxygens (including phenoxy) is 1. The minimum absolute atomic E-state index is 0.209. The predicted molar refractivity (Wildman–Crippen MR) is 122 cm³/mol. The summed E-state index contributed by atoms with van der Waals surface area (Å²) in [4.78, 5) is 29.8. The summed E-state index contributed by atoms with van der Waals surface area (Å²) in [5, 5.41) is 11.4. The van der Waals surface area contributed by atoms with Crippen LogP contribution in [-0.2, 0) is 14.3 Å². The van der Waals surface area contributed by atoms with Crippen molar-refractivity contribution in [2.24, 2.45) is 0 Å². The number of nitrogens with zero attached hydrogens (tertiary/aromatic N) is 1. The van der Waals surface area contributed by atoms with Crippen LogP contribution in [0.1, 0.15) is 38.4 Å². The first kappa shape index (κ1) is 22.8. The summed E-state index contributed by atoms with van der Waals surface area (Å²) in [6.07, 6.45) is 5.55. The molecule has 6 nitrogen and oxygen atoms in total. The first-order valence-corrected chi connectivity index (χ1v) is 10.7. The van der Waals surface area contributed by atoms with Crippen LogP contribution in [-0.4, -0.2) is 45.6 Å². The molecule has 1 aromatic heterocycles. The zero-order valence-electron chi connectivity index (χ0n) is 17.7. The second-order valence-electron chi connectivity index (χ2n) is 7.51. The smallest absolute Gasteiger partial charge is 0.326 e. The Labute approximate surface area is 186 Å². The van der Waals surface area contributed by atoms with Crippen LogP contribution in [0.2, 0.25) is 0 Å². The molecule has 7 heteroatoms. The van der Waals surface area contributed by atoms with E-state index in [1.54, 1.807) is 18.2 Å². The zero-order valence-corrected chi connectivity index (χ0v) is 18.4. The number of morpholine rings is 1. The maximum Gasteiger partial charge on any atom is 0.326 e. The highest BCUT2D eigenvalue weighted by Gasteiger charge is 2.44. The third-order valence-corrected chi connectivity index (χ3v) is 5.76. The number of carboxylic acid groups (broad SMARTS) is 1. The van der Waals surface area contributed by atoms with Crippen molar-refractivity contribution in [2.45, 2.75) is 44.9 Å². The van der Waals surface area contributed by atoms with E-state index >= 15 is 0 Å². The van der Waals surface area contributed by atoms with Crippen molar-refractivity contribution in [1.82, 2.24) is 9.88 Å². The number of aromatic nitrogens is 1. The van der Waals surface area contributed by atoms with E-state index in [0.717, 1.165) is 10.9 Å². The van der Waals surface area contributed by atoms with Crippen LogP contribution in [0.4, 0.5) is 0 Å². The summed E-state index contributed by atoms with van der Waals surface area (Å²) < 4.78 is 5.90. The van der Waals surface area contributed by atoms with Gasteiger partial charge in [0.2, 0.25) is 5.91 Å². The Hall–Kier alpha value is -2.83. The molecule has 3 rings (SSSR count). The van der Waals surface area contributed by atoms with Gasteiger partial charge in [-0.1, -0.05) is 61.9 Å². The minimum Gasteiger partial charge on any atom is -0.480 e. The maximum atomic E-state index is 12.9. The van der Waals surface area contributed by atoms with Crippen molar-refractivity contribution in [3.05, 3.63) is 71.4 Å². The molecule has 1 saturated heterocycles. The molecular weight excluding hydrogens is 416 g/mol. The van der Waals surface area contributed by atoms with E-state index < -0.39 is 24.2 Å². The lowest BCUT2D eigenvalue weighted by Crippen LogP contribution is -2.56. The fourth-order valence-electron chi connectivity index (χ4n) is 3.91. The number of carbonyl (C=O) groups excluding carboxylic acids is 1. The van der Waals surface area contributed by atoms with Gasteiger partial charge in [0.15, 0.2) is 0 Å². The van der Waals surface area contributed by atoms with Crippen molar-refractivity contribution in [2.75, 3.05) is 6.61 Å². The summed E-state index contributed by atoms with van der Waals surface area (Å²) in [6.45, 7) is 7.64. The summed E-state index contributed by atoms with van der Waals surface area (Å²) in [7, 11) is 0. The number of aliphatic carboxylic acids is 1. The average molecular weight is 443 g/mol. The Morgan fingerprint density at radius 3 is 2.81 bits per heavy atom. The number of carboxylic acids is 1. The molecule has 164 valence electrons. The third kappa shape index (κ3) is 4.92. The molecule has 1 fully saturated rings. The minimum atomic E-state index is -1.03. The molecule has 2 N–H and O–H groups in total. The first-order chi connectivity index (χ1) is 14.9. The van der Waals surface area contributed by atoms with Crippen molar-refractivity contribution in [3.63, 3.8) is 0 Å². The number of hydrogen-bond donors (Lipinski definition) is 2. The number of allylic oxidation sites excluding steroid dienone is 3. The summed E-state index contributed by atoms with van der Waals surface area (Å²) >= 11 is 6.08. The number of H-pyrrole nitrogens is 1. The molecule has 1 aliphatic rings. The Morgan fingerprint density at radius 1 is 1.42 bits per heavy atom. The molecule has 0 spiro atoms. The topological polar surface area (TPSA) is 82.6 Å². The summed E-state index contributed by atoms with van der Waals surface area (Å²) in [6, 6.07) is 8.04. The van der Waals surface area contributed by atoms with Gasteiger partial charge in [-0.3, -0.25) is 4.79 Å². The lowest BCUT2D eigenvalue weighted by molar-refractivity contribution is -0.168. The van der Waals surface area contributed by atoms with Gasteiger partial charge in [-0.25, -0.2) is 4.79 Å². The van der Waals surface area contributed by atoms with Gasteiger partial charge in [-0.05, 0) is 42.5 Å². The monoisotopic (exact) mass is 442 g/mol. The number of rotatable bonds is 8. The van der Waals surface area contributed by atoms with Crippen LogP contribution < -0.4 is 0 Å². The molecule has 0 saturated carbocycles. The van der Waals surface area contributed by atoms with Gasteiger partial charge in [0.25, 0.3) is 0 Å². The number of carbonyl (C=O) groups is 2. The molecule has 0 unspecified atom stereocenters. The molecule has 1 aliphatic heterocycles. The van der Waals surface area contributed by atoms with Gasteiger partial charge in [0, 0.05) is 16.2 Å². The second-order valence-corrected chi connectivity index (χ2v) is 7.95. The number of nitrogens with one attached hydrogen (secondary N) is 1. The maximum absolute atomic E-state index is 12.9. The fraction of sp³-hybridized carbons (Fsp3) is 0.333. The molecule has 2 aromatic rings. The SMILES string of the molecule is C=C(/C=C\C(Cl)=C/C)[C@@H]1OCC(=O)N([C@H](CCC)C(=O)O)[C@@H]1c1cc2ccccc2[nH]1. The van der Waals surface area contributed by atoms with E-state index in [9.17, 15) is 14.7 Å². The molecule has 0 aliphatic carbocycles. The first-order valence-electron chi connectivity index (χ1n) is 10.3. The van der Waals surface area contributed by atoms with Crippen molar-refractivity contribution >= 4 is 34.4 Å². The highest BCUT2D eigenvalue weighted by molar-refractivity contribution is 6.31.